The van der Waals surface area contributed by atoms with Gasteiger partial charge in [0.1, 0.15) is 5.75 Å². The van der Waals surface area contributed by atoms with Crippen molar-refractivity contribution in [3.63, 3.8) is 0 Å². The second-order valence-electron chi connectivity index (χ2n) is 3.68. The van der Waals surface area contributed by atoms with E-state index >= 15 is 0 Å². The minimum absolute atomic E-state index is 0.0511. The molecule has 1 aliphatic rings. The summed E-state index contributed by atoms with van der Waals surface area (Å²) in [6, 6.07) is 5.20. The van der Waals surface area contributed by atoms with Crippen molar-refractivity contribution in [2.24, 2.45) is 0 Å². The van der Waals surface area contributed by atoms with Gasteiger partial charge in [-0.15, -0.1) is 0 Å². The second kappa shape index (κ2) is 3.90. The number of carbonyl (C=O) groups is 1. The number of benzene rings is 1. The summed E-state index contributed by atoms with van der Waals surface area (Å²) in [4.78, 5) is 11.7. The van der Waals surface area contributed by atoms with Gasteiger partial charge in [0.25, 0.3) is 5.91 Å². The van der Waals surface area contributed by atoms with Gasteiger partial charge in [-0.1, -0.05) is 12.1 Å². The lowest BCUT2D eigenvalue weighted by Crippen LogP contribution is -2.48. The zero-order chi connectivity index (χ0) is 10.8. The van der Waals surface area contributed by atoms with E-state index in [0.717, 1.165) is 0 Å². The zero-order valence-corrected chi connectivity index (χ0v) is 8.49. The van der Waals surface area contributed by atoms with Gasteiger partial charge < -0.3 is 15.2 Å². The van der Waals surface area contributed by atoms with Crippen molar-refractivity contribution in [3.8, 4) is 5.75 Å². The van der Waals surface area contributed by atoms with Gasteiger partial charge in [0, 0.05) is 0 Å². The van der Waals surface area contributed by atoms with E-state index in [-0.39, 0.29) is 17.7 Å². The summed E-state index contributed by atoms with van der Waals surface area (Å²) in [5.74, 6) is -0.195. The van der Waals surface area contributed by atoms with Gasteiger partial charge in [-0.25, -0.2) is 0 Å². The van der Waals surface area contributed by atoms with Crippen molar-refractivity contribution in [2.75, 3.05) is 13.2 Å². The highest BCUT2D eigenvalue weighted by Gasteiger charge is 2.22. The van der Waals surface area contributed by atoms with Crippen LogP contribution in [0.25, 0.3) is 0 Å². The molecule has 0 aliphatic carbocycles. The summed E-state index contributed by atoms with van der Waals surface area (Å²) in [6.45, 7) is 2.87. The third kappa shape index (κ3) is 1.94. The topological polar surface area (TPSA) is 58.6 Å². The Morgan fingerprint density at radius 3 is 2.87 bits per heavy atom. The average Bonchev–Trinajstić information content (AvgIpc) is 2.15. The Kier molecular flexibility index (Phi) is 2.60. The van der Waals surface area contributed by atoms with E-state index in [4.69, 9.17) is 4.74 Å². The zero-order valence-electron chi connectivity index (χ0n) is 8.49. The number of aromatic hydroxyl groups is 1. The monoisotopic (exact) mass is 207 g/mol. The molecule has 15 heavy (non-hydrogen) atoms. The molecule has 0 unspecified atom stereocenters. The van der Waals surface area contributed by atoms with Gasteiger partial charge in [0.05, 0.1) is 24.8 Å². The summed E-state index contributed by atoms with van der Waals surface area (Å²) in [7, 11) is 0. The normalized spacial score (nSPS) is 15.8. The van der Waals surface area contributed by atoms with Crippen LogP contribution < -0.4 is 5.32 Å². The maximum absolute atomic E-state index is 11.7. The fourth-order valence-corrected chi connectivity index (χ4v) is 1.42. The molecular weight excluding hydrogens is 194 g/mol. The predicted octanol–water partition coefficient (Wildman–Crippen LogP) is 0.829. The van der Waals surface area contributed by atoms with E-state index in [2.05, 4.69) is 5.32 Å². The van der Waals surface area contributed by atoms with Crippen LogP contribution in [0.1, 0.15) is 15.9 Å². The largest absolute Gasteiger partial charge is 0.507 e. The molecule has 0 spiro atoms. The van der Waals surface area contributed by atoms with Crippen LogP contribution in [0.4, 0.5) is 0 Å². The van der Waals surface area contributed by atoms with Gasteiger partial charge in [0.15, 0.2) is 0 Å². The van der Waals surface area contributed by atoms with Crippen LogP contribution >= 0.6 is 0 Å². The van der Waals surface area contributed by atoms with Crippen LogP contribution in [-0.4, -0.2) is 30.3 Å². The first-order chi connectivity index (χ1) is 7.18. The van der Waals surface area contributed by atoms with E-state index < -0.39 is 0 Å². The number of ether oxygens (including phenoxy) is 1. The Balaban J connectivity index is 2.13. The molecule has 1 aromatic rings. The number of rotatable bonds is 2. The molecule has 4 heteroatoms. The van der Waals surface area contributed by atoms with Crippen LogP contribution in [0.5, 0.6) is 5.75 Å². The van der Waals surface area contributed by atoms with Crippen LogP contribution in [0.2, 0.25) is 0 Å². The van der Waals surface area contributed by atoms with Crippen molar-refractivity contribution < 1.29 is 14.6 Å². The minimum atomic E-state index is -0.246. The molecule has 2 N–H and O–H groups in total. The first kappa shape index (κ1) is 9.98. The number of para-hydroxylation sites is 1. The highest BCUT2D eigenvalue weighted by atomic mass is 16.5. The molecule has 2 rings (SSSR count). The average molecular weight is 207 g/mol. The third-order valence-electron chi connectivity index (χ3n) is 2.46. The Morgan fingerprint density at radius 2 is 2.27 bits per heavy atom. The molecular formula is C11H13NO3. The van der Waals surface area contributed by atoms with Gasteiger partial charge in [-0.3, -0.25) is 4.79 Å². The number of hydrogen-bond acceptors (Lipinski definition) is 3. The Labute approximate surface area is 87.9 Å². The number of phenols is 1. The van der Waals surface area contributed by atoms with Crippen LogP contribution in [0.3, 0.4) is 0 Å². The minimum Gasteiger partial charge on any atom is -0.507 e. The fraction of sp³-hybridized carbons (Fsp3) is 0.364. The van der Waals surface area contributed by atoms with Crippen molar-refractivity contribution in [1.29, 1.82) is 0 Å². The van der Waals surface area contributed by atoms with Gasteiger partial charge in [-0.2, -0.15) is 0 Å². The lowest BCUT2D eigenvalue weighted by atomic mass is 10.1. The standard InChI is InChI=1S/C11H13NO3/c1-7-3-2-4-9(10(7)13)11(14)12-8-5-15-6-8/h2-4,8,13H,5-6H2,1H3,(H,12,14). The molecule has 1 saturated heterocycles. The Bertz CT molecular complexity index is 385. The number of phenolic OH excluding ortho intramolecular Hbond substituents is 1. The fourth-order valence-electron chi connectivity index (χ4n) is 1.42. The van der Waals surface area contributed by atoms with E-state index in [0.29, 0.717) is 24.3 Å². The summed E-state index contributed by atoms with van der Waals surface area (Å²) < 4.78 is 4.95. The van der Waals surface area contributed by atoms with Crippen molar-refractivity contribution in [2.45, 2.75) is 13.0 Å². The number of hydrogen-bond donors (Lipinski definition) is 2. The maximum Gasteiger partial charge on any atom is 0.255 e. The summed E-state index contributed by atoms with van der Waals surface area (Å²) in [5, 5.41) is 12.5. The van der Waals surface area contributed by atoms with E-state index in [1.165, 1.54) is 0 Å². The van der Waals surface area contributed by atoms with Gasteiger partial charge in [0.2, 0.25) is 0 Å². The smallest absolute Gasteiger partial charge is 0.255 e. The van der Waals surface area contributed by atoms with Crippen LogP contribution in [0, 0.1) is 6.92 Å². The van der Waals surface area contributed by atoms with E-state index in [9.17, 15) is 9.90 Å². The first-order valence-corrected chi connectivity index (χ1v) is 4.85. The molecule has 80 valence electrons. The predicted molar refractivity (Wildman–Crippen MR) is 54.9 cm³/mol. The SMILES string of the molecule is Cc1cccc(C(=O)NC2COC2)c1O. The van der Waals surface area contributed by atoms with E-state index in [1.807, 2.05) is 0 Å². The second-order valence-corrected chi connectivity index (χ2v) is 3.68. The molecule has 1 fully saturated rings. The van der Waals surface area contributed by atoms with Crippen molar-refractivity contribution in [3.05, 3.63) is 29.3 Å². The van der Waals surface area contributed by atoms with E-state index in [1.54, 1.807) is 25.1 Å². The maximum atomic E-state index is 11.7. The van der Waals surface area contributed by atoms with Crippen molar-refractivity contribution in [1.82, 2.24) is 5.32 Å². The number of amides is 1. The highest BCUT2D eigenvalue weighted by Crippen LogP contribution is 2.21. The van der Waals surface area contributed by atoms with Crippen molar-refractivity contribution >= 4 is 5.91 Å². The van der Waals surface area contributed by atoms with Crippen LogP contribution in [0.15, 0.2) is 18.2 Å². The molecule has 1 aliphatic heterocycles. The summed E-state index contributed by atoms with van der Waals surface area (Å²) >= 11 is 0. The summed E-state index contributed by atoms with van der Waals surface area (Å²) in [5.41, 5.74) is 1.02. The molecule has 0 saturated carbocycles. The third-order valence-corrected chi connectivity index (χ3v) is 2.46. The number of carbonyl (C=O) groups excluding carboxylic acids is 1. The molecule has 0 bridgehead atoms. The first-order valence-electron chi connectivity index (χ1n) is 4.85. The molecule has 0 radical (unpaired) electrons. The molecule has 4 nitrogen and oxygen atoms in total. The summed E-state index contributed by atoms with van der Waals surface area (Å²) in [6.07, 6.45) is 0. The molecule has 1 aromatic carbocycles. The number of nitrogens with one attached hydrogen (secondary N) is 1. The Morgan fingerprint density at radius 1 is 1.53 bits per heavy atom. The quantitative estimate of drug-likeness (QED) is 0.755. The van der Waals surface area contributed by atoms with Gasteiger partial charge in [-0.05, 0) is 18.6 Å². The lowest BCUT2D eigenvalue weighted by molar-refractivity contribution is -0.00350. The highest BCUT2D eigenvalue weighted by molar-refractivity contribution is 5.97. The molecule has 1 amide bonds. The molecule has 1 heterocycles. The lowest BCUT2D eigenvalue weighted by Gasteiger charge is -2.26. The molecule has 0 atom stereocenters. The Hall–Kier alpha value is -1.55. The number of aryl methyl sites for hydroxylation is 1. The molecule has 0 aromatic heterocycles. The van der Waals surface area contributed by atoms with Crippen LogP contribution in [-0.2, 0) is 4.74 Å². The van der Waals surface area contributed by atoms with Gasteiger partial charge >= 0.3 is 0 Å².